The van der Waals surface area contributed by atoms with Gasteiger partial charge in [0.15, 0.2) is 0 Å². The number of fused-ring (bicyclic) bond motifs is 1. The Morgan fingerprint density at radius 3 is 2.44 bits per heavy atom. The van der Waals surface area contributed by atoms with Gasteiger partial charge in [-0.3, -0.25) is 14.7 Å². The van der Waals surface area contributed by atoms with Gasteiger partial charge in [0.2, 0.25) is 5.88 Å². The van der Waals surface area contributed by atoms with Gasteiger partial charge in [0.25, 0.3) is 5.91 Å². The number of pyridine rings is 2. The van der Waals surface area contributed by atoms with Gasteiger partial charge >= 0.3 is 6.03 Å². The van der Waals surface area contributed by atoms with Gasteiger partial charge in [0.1, 0.15) is 11.3 Å². The number of nitrogens with zero attached hydrogens (tertiary/aromatic N) is 3. The zero-order chi connectivity index (χ0) is 30.2. The van der Waals surface area contributed by atoms with Crippen molar-refractivity contribution in [3.05, 3.63) is 95.3 Å². The molecule has 43 heavy (non-hydrogen) atoms. The van der Waals surface area contributed by atoms with E-state index >= 15 is 0 Å². The minimum absolute atomic E-state index is 0.254. The number of carbonyl (C=O) groups is 2. The first-order valence-corrected chi connectivity index (χ1v) is 15.2. The number of amides is 3. The van der Waals surface area contributed by atoms with E-state index in [0.29, 0.717) is 31.2 Å². The van der Waals surface area contributed by atoms with Crippen molar-refractivity contribution in [2.24, 2.45) is 0 Å². The molecule has 0 saturated carbocycles. The highest BCUT2D eigenvalue weighted by molar-refractivity contribution is 6.07. The van der Waals surface area contributed by atoms with E-state index in [1.165, 1.54) is 10.5 Å². The van der Waals surface area contributed by atoms with Crippen LogP contribution in [0.25, 0.3) is 10.9 Å². The highest BCUT2D eigenvalue weighted by atomic mass is 16.5. The molecule has 1 unspecified atom stereocenters. The summed E-state index contributed by atoms with van der Waals surface area (Å²) in [5.41, 5.74) is 3.88. The zero-order valence-corrected chi connectivity index (χ0v) is 25.3. The summed E-state index contributed by atoms with van der Waals surface area (Å²) in [4.78, 5) is 36.4. The lowest BCUT2D eigenvalue weighted by Crippen LogP contribution is -2.41. The van der Waals surface area contributed by atoms with Crippen molar-refractivity contribution in [3.63, 3.8) is 0 Å². The summed E-state index contributed by atoms with van der Waals surface area (Å²) in [6.07, 6.45) is 8.60. The van der Waals surface area contributed by atoms with Crippen molar-refractivity contribution < 1.29 is 19.1 Å². The molecular weight excluding hydrogens is 540 g/mol. The Balaban J connectivity index is 1.13. The van der Waals surface area contributed by atoms with E-state index in [1.807, 2.05) is 37.4 Å². The van der Waals surface area contributed by atoms with Crippen molar-refractivity contribution in [1.82, 2.24) is 20.2 Å². The molecule has 5 rings (SSSR count). The van der Waals surface area contributed by atoms with E-state index in [4.69, 9.17) is 14.5 Å². The summed E-state index contributed by atoms with van der Waals surface area (Å²) < 4.78 is 12.0. The van der Waals surface area contributed by atoms with Crippen LogP contribution in [0.1, 0.15) is 68.2 Å². The SMILES string of the molecule is CCCOc1ccc(C2(C)NC(=O)N(CCCCCCOc3c(Cc4ccccc4)cnc4c(C)cccc34)C2=O)cn1. The minimum Gasteiger partial charge on any atom is -0.493 e. The highest BCUT2D eigenvalue weighted by Crippen LogP contribution is 2.32. The summed E-state index contributed by atoms with van der Waals surface area (Å²) in [5, 5.41) is 3.90. The number of aryl methyl sites for hydroxylation is 1. The Morgan fingerprint density at radius 1 is 0.860 bits per heavy atom. The van der Waals surface area contributed by atoms with Crippen molar-refractivity contribution >= 4 is 22.8 Å². The lowest BCUT2D eigenvalue weighted by atomic mass is 9.93. The fourth-order valence-corrected chi connectivity index (χ4v) is 5.46. The van der Waals surface area contributed by atoms with Crippen LogP contribution in [0.4, 0.5) is 4.79 Å². The number of para-hydroxylation sites is 1. The van der Waals surface area contributed by atoms with Crippen LogP contribution >= 0.6 is 0 Å². The molecule has 0 radical (unpaired) electrons. The van der Waals surface area contributed by atoms with Crippen LogP contribution in [0, 0.1) is 6.92 Å². The van der Waals surface area contributed by atoms with E-state index in [9.17, 15) is 9.59 Å². The van der Waals surface area contributed by atoms with E-state index in [1.54, 1.807) is 25.3 Å². The van der Waals surface area contributed by atoms with Crippen LogP contribution in [0.5, 0.6) is 11.6 Å². The van der Waals surface area contributed by atoms with Crippen LogP contribution in [0.15, 0.2) is 73.1 Å². The first kappa shape index (κ1) is 30.0. The standard InChI is InChI=1S/C35H40N4O4/c1-4-20-42-30-18-17-28(24-36-30)35(3)33(40)39(34(41)38-35)19-10-5-6-11-21-43-32-27(22-26-14-8-7-9-15-26)23-37-31-25(2)13-12-16-29(31)32/h7-9,12-18,23-24H,4-6,10-11,19-22H2,1-3H3,(H,38,41). The molecule has 1 atom stereocenters. The van der Waals surface area contributed by atoms with Gasteiger partial charge < -0.3 is 14.8 Å². The van der Waals surface area contributed by atoms with Gasteiger partial charge in [0.05, 0.1) is 18.7 Å². The average Bonchev–Trinajstić information content (AvgIpc) is 3.24. The number of unbranched alkanes of at least 4 members (excludes halogenated alkanes) is 3. The molecule has 224 valence electrons. The maximum absolute atomic E-state index is 13.3. The predicted octanol–water partition coefficient (Wildman–Crippen LogP) is 6.72. The Bertz CT molecular complexity index is 1560. The highest BCUT2D eigenvalue weighted by Gasteiger charge is 2.48. The fourth-order valence-electron chi connectivity index (χ4n) is 5.46. The maximum atomic E-state index is 13.3. The molecule has 1 fully saturated rings. The Morgan fingerprint density at radius 2 is 1.67 bits per heavy atom. The average molecular weight is 581 g/mol. The number of aromatic nitrogens is 2. The van der Waals surface area contributed by atoms with Gasteiger partial charge in [-0.05, 0) is 56.4 Å². The number of benzene rings is 2. The molecule has 1 aliphatic heterocycles. The molecule has 2 aromatic heterocycles. The van der Waals surface area contributed by atoms with Crippen molar-refractivity contribution in [2.75, 3.05) is 19.8 Å². The van der Waals surface area contributed by atoms with Crippen molar-refractivity contribution in [2.45, 2.75) is 64.8 Å². The summed E-state index contributed by atoms with van der Waals surface area (Å²) in [6, 6.07) is 19.7. The summed E-state index contributed by atoms with van der Waals surface area (Å²) in [5.74, 6) is 1.15. The molecule has 2 aromatic carbocycles. The molecule has 0 spiro atoms. The molecule has 1 N–H and O–H groups in total. The molecule has 4 aromatic rings. The van der Waals surface area contributed by atoms with Gasteiger partial charge in [-0.2, -0.15) is 0 Å². The van der Waals surface area contributed by atoms with Crippen LogP contribution < -0.4 is 14.8 Å². The Kier molecular flexibility index (Phi) is 9.55. The van der Waals surface area contributed by atoms with Crippen LogP contribution in [-0.2, 0) is 16.8 Å². The van der Waals surface area contributed by atoms with Crippen LogP contribution in [0.3, 0.4) is 0 Å². The van der Waals surface area contributed by atoms with E-state index in [0.717, 1.165) is 66.3 Å². The van der Waals surface area contributed by atoms with Gasteiger partial charge in [0, 0.05) is 47.9 Å². The molecule has 3 amide bonds. The third-order valence-corrected chi connectivity index (χ3v) is 7.93. The lowest BCUT2D eigenvalue weighted by molar-refractivity contribution is -0.131. The molecule has 3 heterocycles. The molecule has 1 aliphatic rings. The van der Waals surface area contributed by atoms with E-state index in [-0.39, 0.29) is 11.9 Å². The molecule has 1 saturated heterocycles. The second-order valence-corrected chi connectivity index (χ2v) is 11.3. The van der Waals surface area contributed by atoms with Crippen LogP contribution in [-0.4, -0.2) is 46.6 Å². The van der Waals surface area contributed by atoms with Crippen molar-refractivity contribution in [3.8, 4) is 11.6 Å². The number of imide groups is 1. The Labute approximate surface area is 253 Å². The topological polar surface area (TPSA) is 93.6 Å². The molecule has 8 nitrogen and oxygen atoms in total. The third kappa shape index (κ3) is 6.79. The molecule has 8 heteroatoms. The third-order valence-electron chi connectivity index (χ3n) is 7.93. The quantitative estimate of drug-likeness (QED) is 0.131. The van der Waals surface area contributed by atoms with Gasteiger partial charge in [-0.15, -0.1) is 0 Å². The monoisotopic (exact) mass is 580 g/mol. The van der Waals surface area contributed by atoms with E-state index in [2.05, 4.69) is 41.5 Å². The number of carbonyl (C=O) groups excluding carboxylic acids is 2. The number of nitrogens with one attached hydrogen (secondary N) is 1. The zero-order valence-electron chi connectivity index (χ0n) is 25.3. The second kappa shape index (κ2) is 13.7. The summed E-state index contributed by atoms with van der Waals surface area (Å²) in [6.45, 7) is 7.36. The molecule has 0 aliphatic carbocycles. The largest absolute Gasteiger partial charge is 0.493 e. The fraction of sp³-hybridized carbons (Fsp3) is 0.371. The normalized spacial score (nSPS) is 16.5. The number of ether oxygens (including phenoxy) is 2. The van der Waals surface area contributed by atoms with Gasteiger partial charge in [-0.25, -0.2) is 9.78 Å². The number of hydrogen-bond donors (Lipinski definition) is 1. The number of hydrogen-bond acceptors (Lipinski definition) is 6. The van der Waals surface area contributed by atoms with Crippen LogP contribution in [0.2, 0.25) is 0 Å². The maximum Gasteiger partial charge on any atom is 0.325 e. The predicted molar refractivity (Wildman–Crippen MR) is 167 cm³/mol. The van der Waals surface area contributed by atoms with E-state index < -0.39 is 5.54 Å². The van der Waals surface area contributed by atoms with Crippen molar-refractivity contribution in [1.29, 1.82) is 0 Å². The Hall–Kier alpha value is -4.46. The molecule has 0 bridgehead atoms. The number of urea groups is 1. The summed E-state index contributed by atoms with van der Waals surface area (Å²) >= 11 is 0. The van der Waals surface area contributed by atoms with Gasteiger partial charge in [-0.1, -0.05) is 62.2 Å². The molecular formula is C35H40N4O4. The minimum atomic E-state index is -1.13. The smallest absolute Gasteiger partial charge is 0.325 e. The number of rotatable bonds is 14. The summed E-state index contributed by atoms with van der Waals surface area (Å²) in [7, 11) is 0. The second-order valence-electron chi connectivity index (χ2n) is 11.3. The first-order chi connectivity index (χ1) is 20.9. The lowest BCUT2D eigenvalue weighted by Gasteiger charge is -2.22. The first-order valence-electron chi connectivity index (χ1n) is 15.2.